The molecular formula is C9H8BrFN2. The number of fused-ring (bicyclic) bond motifs is 1. The smallest absolute Gasteiger partial charge is 0.134 e. The summed E-state index contributed by atoms with van der Waals surface area (Å²) < 4.78 is 15.1. The fraction of sp³-hybridized carbons (Fsp3) is 0.222. The zero-order valence-electron chi connectivity index (χ0n) is 7.09. The molecule has 0 atom stereocenters. The van der Waals surface area contributed by atoms with Crippen LogP contribution in [0.4, 0.5) is 4.39 Å². The third-order valence-electron chi connectivity index (χ3n) is 2.06. The average molecular weight is 243 g/mol. The van der Waals surface area contributed by atoms with Gasteiger partial charge in [-0.1, -0.05) is 22.0 Å². The largest absolute Gasteiger partial charge is 0.270 e. The van der Waals surface area contributed by atoms with E-state index in [9.17, 15) is 4.39 Å². The average Bonchev–Trinajstić information content (AvgIpc) is 2.42. The molecule has 1 heterocycles. The van der Waals surface area contributed by atoms with Crippen molar-refractivity contribution >= 4 is 26.8 Å². The Morgan fingerprint density at radius 2 is 2.31 bits per heavy atom. The van der Waals surface area contributed by atoms with E-state index < -0.39 is 0 Å². The van der Waals surface area contributed by atoms with Crippen LogP contribution in [0.15, 0.2) is 18.2 Å². The minimum Gasteiger partial charge on any atom is -0.270 e. The SMILES string of the molecule is Cn1nc2cccc(F)c2c1CBr. The summed E-state index contributed by atoms with van der Waals surface area (Å²) >= 11 is 3.32. The highest BCUT2D eigenvalue weighted by atomic mass is 79.9. The molecule has 0 fully saturated rings. The molecule has 0 aliphatic carbocycles. The molecule has 0 spiro atoms. The van der Waals surface area contributed by atoms with Gasteiger partial charge >= 0.3 is 0 Å². The van der Waals surface area contributed by atoms with E-state index in [0.717, 1.165) is 5.69 Å². The lowest BCUT2D eigenvalue weighted by Gasteiger charge is -1.96. The monoisotopic (exact) mass is 242 g/mol. The Morgan fingerprint density at radius 3 is 3.00 bits per heavy atom. The van der Waals surface area contributed by atoms with Gasteiger partial charge in [0.05, 0.1) is 16.6 Å². The summed E-state index contributed by atoms with van der Waals surface area (Å²) in [4.78, 5) is 0. The maximum atomic E-state index is 13.4. The molecule has 0 saturated carbocycles. The summed E-state index contributed by atoms with van der Waals surface area (Å²) in [6.07, 6.45) is 0. The van der Waals surface area contributed by atoms with E-state index in [0.29, 0.717) is 16.2 Å². The standard InChI is InChI=1S/C9H8BrFN2/c1-13-8(5-10)9-6(11)3-2-4-7(9)12-13/h2-4H,5H2,1H3. The highest BCUT2D eigenvalue weighted by Crippen LogP contribution is 2.22. The fourth-order valence-electron chi connectivity index (χ4n) is 1.42. The van der Waals surface area contributed by atoms with Crippen molar-refractivity contribution in [2.75, 3.05) is 0 Å². The maximum absolute atomic E-state index is 13.4. The van der Waals surface area contributed by atoms with Crippen LogP contribution in [0.3, 0.4) is 0 Å². The van der Waals surface area contributed by atoms with Gasteiger partial charge in [-0.3, -0.25) is 4.68 Å². The minimum absolute atomic E-state index is 0.208. The van der Waals surface area contributed by atoms with Crippen molar-refractivity contribution in [1.29, 1.82) is 0 Å². The summed E-state index contributed by atoms with van der Waals surface area (Å²) in [6, 6.07) is 4.93. The number of aromatic nitrogens is 2. The van der Waals surface area contributed by atoms with E-state index in [1.807, 2.05) is 13.1 Å². The Morgan fingerprint density at radius 1 is 1.54 bits per heavy atom. The molecule has 2 aromatic rings. The van der Waals surface area contributed by atoms with Crippen LogP contribution >= 0.6 is 15.9 Å². The highest BCUT2D eigenvalue weighted by Gasteiger charge is 2.10. The summed E-state index contributed by atoms with van der Waals surface area (Å²) in [5.74, 6) is -0.208. The molecule has 0 N–H and O–H groups in total. The molecule has 1 aromatic heterocycles. The molecule has 1 aromatic carbocycles. The van der Waals surface area contributed by atoms with Crippen molar-refractivity contribution in [2.45, 2.75) is 5.33 Å². The van der Waals surface area contributed by atoms with Crippen molar-refractivity contribution in [3.8, 4) is 0 Å². The molecule has 0 radical (unpaired) electrons. The first kappa shape index (κ1) is 8.69. The molecule has 0 amide bonds. The first-order chi connectivity index (χ1) is 6.24. The molecule has 0 aliphatic heterocycles. The molecule has 13 heavy (non-hydrogen) atoms. The summed E-state index contributed by atoms with van der Waals surface area (Å²) in [5.41, 5.74) is 1.57. The zero-order valence-corrected chi connectivity index (χ0v) is 8.68. The second kappa shape index (κ2) is 3.10. The lowest BCUT2D eigenvalue weighted by Crippen LogP contribution is -1.94. The van der Waals surface area contributed by atoms with Crippen LogP contribution in [-0.4, -0.2) is 9.78 Å². The molecule has 0 bridgehead atoms. The Bertz CT molecular complexity index is 450. The van der Waals surface area contributed by atoms with Crippen LogP contribution in [0.25, 0.3) is 10.9 Å². The Hall–Kier alpha value is -0.900. The number of aryl methyl sites for hydroxylation is 1. The number of halogens is 2. The third-order valence-corrected chi connectivity index (χ3v) is 2.59. The van der Waals surface area contributed by atoms with Crippen LogP contribution in [0, 0.1) is 5.82 Å². The van der Waals surface area contributed by atoms with Crippen molar-refractivity contribution in [1.82, 2.24) is 9.78 Å². The number of hydrogen-bond donors (Lipinski definition) is 0. The van der Waals surface area contributed by atoms with Crippen LogP contribution < -0.4 is 0 Å². The van der Waals surface area contributed by atoms with Crippen LogP contribution in [0.1, 0.15) is 5.69 Å². The van der Waals surface area contributed by atoms with Gasteiger partial charge in [0.2, 0.25) is 0 Å². The van der Waals surface area contributed by atoms with Gasteiger partial charge in [0.15, 0.2) is 0 Å². The maximum Gasteiger partial charge on any atom is 0.134 e. The molecule has 0 aliphatic rings. The van der Waals surface area contributed by atoms with Gasteiger partial charge in [0.25, 0.3) is 0 Å². The van der Waals surface area contributed by atoms with Crippen molar-refractivity contribution in [2.24, 2.45) is 7.05 Å². The van der Waals surface area contributed by atoms with Gasteiger partial charge in [-0.15, -0.1) is 0 Å². The Kier molecular flexibility index (Phi) is 2.07. The van der Waals surface area contributed by atoms with E-state index in [-0.39, 0.29) is 5.82 Å². The second-order valence-electron chi connectivity index (χ2n) is 2.84. The number of rotatable bonds is 1. The van der Waals surface area contributed by atoms with Crippen LogP contribution in [0.2, 0.25) is 0 Å². The van der Waals surface area contributed by atoms with E-state index in [2.05, 4.69) is 21.0 Å². The fourth-order valence-corrected chi connectivity index (χ4v) is 2.06. The lowest BCUT2D eigenvalue weighted by atomic mass is 10.2. The van der Waals surface area contributed by atoms with E-state index in [4.69, 9.17) is 0 Å². The number of benzene rings is 1. The third kappa shape index (κ3) is 1.25. The van der Waals surface area contributed by atoms with Gasteiger partial charge in [-0.05, 0) is 12.1 Å². The van der Waals surface area contributed by atoms with Gasteiger partial charge in [-0.2, -0.15) is 5.10 Å². The molecule has 0 saturated heterocycles. The number of nitrogens with zero attached hydrogens (tertiary/aromatic N) is 2. The molecule has 2 nitrogen and oxygen atoms in total. The topological polar surface area (TPSA) is 17.8 Å². The number of alkyl halides is 1. The zero-order chi connectivity index (χ0) is 9.42. The van der Waals surface area contributed by atoms with Crippen LogP contribution in [0.5, 0.6) is 0 Å². The summed E-state index contributed by atoms with van der Waals surface area (Å²) in [6.45, 7) is 0. The molecule has 0 unspecified atom stereocenters. The summed E-state index contributed by atoms with van der Waals surface area (Å²) in [5, 5.41) is 5.42. The predicted octanol–water partition coefficient (Wildman–Crippen LogP) is 2.61. The van der Waals surface area contributed by atoms with Crippen molar-refractivity contribution in [3.63, 3.8) is 0 Å². The van der Waals surface area contributed by atoms with Gasteiger partial charge < -0.3 is 0 Å². The van der Waals surface area contributed by atoms with E-state index >= 15 is 0 Å². The van der Waals surface area contributed by atoms with Crippen molar-refractivity contribution < 1.29 is 4.39 Å². The van der Waals surface area contributed by atoms with E-state index in [1.54, 1.807) is 10.7 Å². The lowest BCUT2D eigenvalue weighted by molar-refractivity contribution is 0.638. The Balaban J connectivity index is 2.88. The molecule has 2 rings (SSSR count). The normalized spacial score (nSPS) is 11.0. The molecule has 4 heteroatoms. The first-order valence-electron chi connectivity index (χ1n) is 3.90. The quantitative estimate of drug-likeness (QED) is 0.704. The van der Waals surface area contributed by atoms with E-state index in [1.165, 1.54) is 6.07 Å². The Labute approximate surface area is 83.5 Å². The predicted molar refractivity (Wildman–Crippen MR) is 53.3 cm³/mol. The van der Waals surface area contributed by atoms with Crippen LogP contribution in [-0.2, 0) is 12.4 Å². The first-order valence-corrected chi connectivity index (χ1v) is 5.02. The minimum atomic E-state index is -0.208. The van der Waals surface area contributed by atoms with Crippen molar-refractivity contribution in [3.05, 3.63) is 29.7 Å². The highest BCUT2D eigenvalue weighted by molar-refractivity contribution is 9.08. The molecular weight excluding hydrogens is 235 g/mol. The number of hydrogen-bond acceptors (Lipinski definition) is 1. The van der Waals surface area contributed by atoms with Gasteiger partial charge in [-0.25, -0.2) is 4.39 Å². The summed E-state index contributed by atoms with van der Waals surface area (Å²) in [7, 11) is 1.82. The van der Waals surface area contributed by atoms with Gasteiger partial charge in [0, 0.05) is 12.4 Å². The van der Waals surface area contributed by atoms with Gasteiger partial charge in [0.1, 0.15) is 5.82 Å². The molecule has 68 valence electrons. The second-order valence-corrected chi connectivity index (χ2v) is 3.40.